The summed E-state index contributed by atoms with van der Waals surface area (Å²) in [5.41, 5.74) is 0. The van der Waals surface area contributed by atoms with Gasteiger partial charge in [0.2, 0.25) is 5.95 Å². The number of anilines is 2. The van der Waals surface area contributed by atoms with E-state index in [2.05, 4.69) is 30.5 Å². The first kappa shape index (κ1) is 14.2. The highest BCUT2D eigenvalue weighted by Gasteiger charge is 2.22. The van der Waals surface area contributed by atoms with E-state index in [1.165, 1.54) is 0 Å². The van der Waals surface area contributed by atoms with E-state index in [1.807, 2.05) is 12.1 Å². The molecule has 7 heteroatoms. The Hall–Kier alpha value is -2.70. The highest BCUT2D eigenvalue weighted by atomic mass is 16.2. The Morgan fingerprint density at radius 1 is 1.14 bits per heavy atom. The Morgan fingerprint density at radius 3 is 2.73 bits per heavy atom. The van der Waals surface area contributed by atoms with E-state index in [1.54, 1.807) is 30.7 Å². The van der Waals surface area contributed by atoms with Crippen molar-refractivity contribution in [1.29, 1.82) is 0 Å². The zero-order valence-corrected chi connectivity index (χ0v) is 12.1. The van der Waals surface area contributed by atoms with Gasteiger partial charge in [0.25, 0.3) is 0 Å². The molecule has 0 radical (unpaired) electrons. The van der Waals surface area contributed by atoms with Gasteiger partial charge in [-0.15, -0.1) is 0 Å². The second-order valence-electron chi connectivity index (χ2n) is 5.15. The van der Waals surface area contributed by atoms with Crippen molar-refractivity contribution in [2.24, 2.45) is 0 Å². The summed E-state index contributed by atoms with van der Waals surface area (Å²) in [6, 6.07) is 7.02. The van der Waals surface area contributed by atoms with Crippen LogP contribution in [0.1, 0.15) is 12.8 Å². The van der Waals surface area contributed by atoms with Gasteiger partial charge in [0.05, 0.1) is 0 Å². The van der Waals surface area contributed by atoms with Crippen LogP contribution in [0.4, 0.5) is 16.6 Å². The van der Waals surface area contributed by atoms with Crippen LogP contribution in [0.2, 0.25) is 0 Å². The summed E-state index contributed by atoms with van der Waals surface area (Å²) in [5.74, 6) is 1.25. The molecule has 2 aromatic rings. The lowest BCUT2D eigenvalue weighted by atomic mass is 10.1. The third-order valence-electron chi connectivity index (χ3n) is 3.50. The topological polar surface area (TPSA) is 83.0 Å². The molecule has 1 atom stereocenters. The zero-order chi connectivity index (χ0) is 15.2. The van der Waals surface area contributed by atoms with Crippen molar-refractivity contribution >= 4 is 17.8 Å². The third-order valence-corrected chi connectivity index (χ3v) is 3.50. The summed E-state index contributed by atoms with van der Waals surface area (Å²) < 4.78 is 0. The van der Waals surface area contributed by atoms with Crippen molar-refractivity contribution in [3.8, 4) is 0 Å². The van der Waals surface area contributed by atoms with E-state index in [4.69, 9.17) is 0 Å². The number of hydrogen-bond donors (Lipinski definition) is 2. The van der Waals surface area contributed by atoms with Crippen LogP contribution < -0.4 is 15.5 Å². The lowest BCUT2D eigenvalue weighted by molar-refractivity contribution is 0.246. The molecule has 0 spiro atoms. The second kappa shape index (κ2) is 6.84. The average molecular weight is 298 g/mol. The summed E-state index contributed by atoms with van der Waals surface area (Å²) in [5, 5.41) is 5.71. The van der Waals surface area contributed by atoms with Crippen molar-refractivity contribution in [3.63, 3.8) is 0 Å². The SMILES string of the molecule is O=C(Nc1ccccn1)N[C@H]1CCCN(c2ncccn2)C1. The summed E-state index contributed by atoms with van der Waals surface area (Å²) in [7, 11) is 0. The van der Waals surface area contributed by atoms with Crippen molar-refractivity contribution in [3.05, 3.63) is 42.9 Å². The van der Waals surface area contributed by atoms with Gasteiger partial charge in [0, 0.05) is 37.7 Å². The molecular weight excluding hydrogens is 280 g/mol. The normalized spacial score (nSPS) is 17.8. The van der Waals surface area contributed by atoms with Gasteiger partial charge < -0.3 is 10.2 Å². The van der Waals surface area contributed by atoms with Gasteiger partial charge in [0.1, 0.15) is 5.82 Å². The average Bonchev–Trinajstić information content (AvgIpc) is 2.57. The maximum absolute atomic E-state index is 12.0. The van der Waals surface area contributed by atoms with Gasteiger partial charge in [-0.3, -0.25) is 5.32 Å². The molecule has 0 aromatic carbocycles. The zero-order valence-electron chi connectivity index (χ0n) is 12.1. The first-order valence-electron chi connectivity index (χ1n) is 7.32. The number of urea groups is 1. The standard InChI is InChI=1S/C15H18N6O/c22-15(20-13-6-1-2-7-16-13)19-12-5-3-10-21(11-12)14-17-8-4-9-18-14/h1-2,4,6-9,12H,3,5,10-11H2,(H2,16,19,20,22)/t12-/m0/s1. The summed E-state index contributed by atoms with van der Waals surface area (Å²) in [6.45, 7) is 1.61. The lowest BCUT2D eigenvalue weighted by Gasteiger charge is -2.33. The van der Waals surface area contributed by atoms with Gasteiger partial charge in [0.15, 0.2) is 0 Å². The van der Waals surface area contributed by atoms with Crippen LogP contribution in [0.5, 0.6) is 0 Å². The number of nitrogens with one attached hydrogen (secondary N) is 2. The number of pyridine rings is 1. The maximum Gasteiger partial charge on any atom is 0.320 e. The van der Waals surface area contributed by atoms with Crippen LogP contribution in [-0.4, -0.2) is 40.1 Å². The van der Waals surface area contributed by atoms with E-state index in [0.29, 0.717) is 18.3 Å². The number of carbonyl (C=O) groups is 1. The molecule has 0 unspecified atom stereocenters. The molecule has 3 heterocycles. The molecule has 2 aromatic heterocycles. The van der Waals surface area contributed by atoms with E-state index >= 15 is 0 Å². The molecule has 1 aliphatic heterocycles. The predicted octanol–water partition coefficient (Wildman–Crippen LogP) is 1.66. The van der Waals surface area contributed by atoms with Gasteiger partial charge in [-0.1, -0.05) is 6.07 Å². The number of aromatic nitrogens is 3. The minimum Gasteiger partial charge on any atom is -0.339 e. The van der Waals surface area contributed by atoms with Crippen LogP contribution in [0.15, 0.2) is 42.9 Å². The number of piperidine rings is 1. The molecular formula is C15H18N6O. The Bertz CT molecular complexity index is 606. The lowest BCUT2D eigenvalue weighted by Crippen LogP contribution is -2.49. The fourth-order valence-corrected chi connectivity index (χ4v) is 2.51. The van der Waals surface area contributed by atoms with Crippen LogP contribution in [-0.2, 0) is 0 Å². The third kappa shape index (κ3) is 3.69. The monoisotopic (exact) mass is 298 g/mol. The van der Waals surface area contributed by atoms with E-state index in [9.17, 15) is 4.79 Å². The van der Waals surface area contributed by atoms with Crippen molar-refractivity contribution in [2.75, 3.05) is 23.3 Å². The molecule has 1 saturated heterocycles. The van der Waals surface area contributed by atoms with Crippen LogP contribution in [0.25, 0.3) is 0 Å². The Morgan fingerprint density at radius 2 is 1.95 bits per heavy atom. The van der Waals surface area contributed by atoms with Gasteiger partial charge in [-0.25, -0.2) is 19.7 Å². The molecule has 114 valence electrons. The Kier molecular flexibility index (Phi) is 4.43. The number of nitrogens with zero attached hydrogens (tertiary/aromatic N) is 4. The van der Waals surface area contributed by atoms with Gasteiger partial charge >= 0.3 is 6.03 Å². The molecule has 0 aliphatic carbocycles. The molecule has 0 bridgehead atoms. The Labute approximate surface area is 128 Å². The Balaban J connectivity index is 1.55. The maximum atomic E-state index is 12.0. The van der Waals surface area contributed by atoms with Crippen molar-refractivity contribution in [1.82, 2.24) is 20.3 Å². The summed E-state index contributed by atoms with van der Waals surface area (Å²) in [6.07, 6.45) is 7.04. The quantitative estimate of drug-likeness (QED) is 0.900. The fraction of sp³-hybridized carbons (Fsp3) is 0.333. The molecule has 3 rings (SSSR count). The molecule has 1 aliphatic rings. The van der Waals surface area contributed by atoms with Crippen LogP contribution in [0.3, 0.4) is 0 Å². The molecule has 1 fully saturated rings. The van der Waals surface area contributed by atoms with Gasteiger partial charge in [-0.05, 0) is 31.0 Å². The molecule has 2 amide bonds. The van der Waals surface area contributed by atoms with Gasteiger partial charge in [-0.2, -0.15) is 0 Å². The summed E-state index contributed by atoms with van der Waals surface area (Å²) in [4.78, 5) is 26.7. The summed E-state index contributed by atoms with van der Waals surface area (Å²) >= 11 is 0. The minimum absolute atomic E-state index is 0.0706. The molecule has 0 saturated carbocycles. The molecule has 2 N–H and O–H groups in total. The molecule has 22 heavy (non-hydrogen) atoms. The highest BCUT2D eigenvalue weighted by Crippen LogP contribution is 2.15. The molecule has 7 nitrogen and oxygen atoms in total. The van der Waals surface area contributed by atoms with Crippen molar-refractivity contribution in [2.45, 2.75) is 18.9 Å². The highest BCUT2D eigenvalue weighted by molar-refractivity contribution is 5.88. The van der Waals surface area contributed by atoms with Crippen LogP contribution >= 0.6 is 0 Å². The minimum atomic E-state index is -0.237. The number of hydrogen-bond acceptors (Lipinski definition) is 5. The van der Waals surface area contributed by atoms with Crippen molar-refractivity contribution < 1.29 is 4.79 Å². The number of rotatable bonds is 3. The second-order valence-corrected chi connectivity index (χ2v) is 5.15. The largest absolute Gasteiger partial charge is 0.339 e. The first-order valence-corrected chi connectivity index (χ1v) is 7.32. The first-order chi connectivity index (χ1) is 10.8. The van der Waals surface area contributed by atoms with E-state index in [-0.39, 0.29) is 12.1 Å². The van der Waals surface area contributed by atoms with Crippen LogP contribution in [0, 0.1) is 0 Å². The van der Waals surface area contributed by atoms with E-state index < -0.39 is 0 Å². The number of carbonyl (C=O) groups excluding carboxylic acids is 1. The fourth-order valence-electron chi connectivity index (χ4n) is 2.51. The predicted molar refractivity (Wildman–Crippen MR) is 83.7 cm³/mol. The smallest absolute Gasteiger partial charge is 0.320 e. The van der Waals surface area contributed by atoms with E-state index in [0.717, 1.165) is 19.4 Å². The number of amides is 2.